The third-order valence-electron chi connectivity index (χ3n) is 8.11. The van der Waals surface area contributed by atoms with Gasteiger partial charge in [0.1, 0.15) is 0 Å². The zero-order valence-corrected chi connectivity index (χ0v) is 27.6. The number of benzene rings is 3. The summed E-state index contributed by atoms with van der Waals surface area (Å²) in [5, 5.41) is 7.18. The number of rotatable bonds is 8. The van der Waals surface area contributed by atoms with E-state index < -0.39 is 26.0 Å². The van der Waals surface area contributed by atoms with E-state index in [0.717, 1.165) is 47.7 Å². The Bertz CT molecular complexity index is 1720. The third-order valence-corrected chi connectivity index (χ3v) is 11.7. The summed E-state index contributed by atoms with van der Waals surface area (Å²) in [5.74, 6) is -0.228. The van der Waals surface area contributed by atoms with E-state index in [1.807, 2.05) is 11.0 Å². The fraction of sp³-hybridized carbons (Fsp3) is 0.367. The van der Waals surface area contributed by atoms with Crippen LogP contribution < -0.4 is 19.8 Å². The Balaban J connectivity index is 1.30. The number of piperazine rings is 1. The SMILES string of the molecule is CN(c1ccc(C2CCNCC2)cc1C(=O)Nc1ccc(S(=O)(=O)N2CCN(c3cc(Cl)cc(Cl)c3)CC2)cc1)S(C)(=O)=O. The van der Waals surface area contributed by atoms with Crippen molar-refractivity contribution in [2.75, 3.05) is 67.1 Å². The smallest absolute Gasteiger partial charge is 0.257 e. The van der Waals surface area contributed by atoms with E-state index in [0.29, 0.717) is 28.8 Å². The number of anilines is 3. The van der Waals surface area contributed by atoms with Gasteiger partial charge in [-0.2, -0.15) is 4.31 Å². The molecule has 5 rings (SSSR count). The lowest BCUT2D eigenvalue weighted by molar-refractivity contribution is 0.102. The minimum Gasteiger partial charge on any atom is -0.369 e. The zero-order chi connectivity index (χ0) is 31.6. The lowest BCUT2D eigenvalue weighted by Gasteiger charge is -2.35. The van der Waals surface area contributed by atoms with Gasteiger partial charge in [0.05, 0.1) is 22.4 Å². The van der Waals surface area contributed by atoms with Crippen molar-refractivity contribution >= 4 is 66.2 Å². The molecule has 10 nitrogen and oxygen atoms in total. The van der Waals surface area contributed by atoms with E-state index >= 15 is 0 Å². The average Bonchev–Trinajstić information content (AvgIpc) is 3.00. The summed E-state index contributed by atoms with van der Waals surface area (Å²) < 4.78 is 54.0. The van der Waals surface area contributed by atoms with Crippen LogP contribution in [-0.4, -0.2) is 79.6 Å². The molecule has 1 amide bonds. The molecule has 0 atom stereocenters. The lowest BCUT2D eigenvalue weighted by Crippen LogP contribution is -2.48. The van der Waals surface area contributed by atoms with Gasteiger partial charge in [0, 0.05) is 54.6 Å². The molecule has 2 fully saturated rings. The Kier molecular flexibility index (Phi) is 9.78. The summed E-state index contributed by atoms with van der Waals surface area (Å²) in [5.41, 5.74) is 2.69. The van der Waals surface area contributed by atoms with E-state index in [9.17, 15) is 21.6 Å². The molecule has 2 heterocycles. The fourth-order valence-electron chi connectivity index (χ4n) is 5.56. The van der Waals surface area contributed by atoms with Gasteiger partial charge in [-0.1, -0.05) is 29.3 Å². The van der Waals surface area contributed by atoms with Gasteiger partial charge in [0.2, 0.25) is 20.0 Å². The number of nitrogens with one attached hydrogen (secondary N) is 2. The summed E-state index contributed by atoms with van der Waals surface area (Å²) >= 11 is 12.3. The highest BCUT2D eigenvalue weighted by molar-refractivity contribution is 7.92. The predicted molar refractivity (Wildman–Crippen MR) is 176 cm³/mol. The first-order valence-electron chi connectivity index (χ1n) is 14.2. The Hall–Kier alpha value is -2.87. The monoisotopic (exact) mass is 679 g/mol. The molecule has 2 aliphatic heterocycles. The summed E-state index contributed by atoms with van der Waals surface area (Å²) in [7, 11) is -5.98. The number of sulfonamides is 2. The second-order valence-corrected chi connectivity index (χ2v) is 15.9. The maximum atomic E-state index is 13.5. The predicted octanol–water partition coefficient (Wildman–Crippen LogP) is 4.62. The number of carbonyl (C=O) groups excluding carboxylic acids is 1. The van der Waals surface area contributed by atoms with Crippen molar-refractivity contribution in [1.29, 1.82) is 0 Å². The number of halogens is 2. The molecule has 14 heteroatoms. The van der Waals surface area contributed by atoms with Gasteiger partial charge < -0.3 is 15.5 Å². The first-order valence-corrected chi connectivity index (χ1v) is 18.3. The Morgan fingerprint density at radius 2 is 1.50 bits per heavy atom. The van der Waals surface area contributed by atoms with Crippen molar-refractivity contribution in [1.82, 2.24) is 9.62 Å². The van der Waals surface area contributed by atoms with Gasteiger partial charge in [0.25, 0.3) is 5.91 Å². The van der Waals surface area contributed by atoms with Crippen LogP contribution in [0.15, 0.2) is 65.6 Å². The average molecular weight is 681 g/mol. The topological polar surface area (TPSA) is 119 Å². The van der Waals surface area contributed by atoms with E-state index in [-0.39, 0.29) is 35.2 Å². The maximum Gasteiger partial charge on any atom is 0.257 e. The second kappa shape index (κ2) is 13.2. The number of hydrogen-bond acceptors (Lipinski definition) is 7. The molecular formula is C30H35Cl2N5O5S2. The quantitative estimate of drug-likeness (QED) is 0.357. The van der Waals surface area contributed by atoms with Gasteiger partial charge in [-0.05, 0) is 92.0 Å². The molecule has 2 N–H and O–H groups in total. The van der Waals surface area contributed by atoms with Crippen LogP contribution in [0.1, 0.15) is 34.7 Å². The zero-order valence-electron chi connectivity index (χ0n) is 24.5. The molecular weight excluding hydrogens is 645 g/mol. The minimum absolute atomic E-state index is 0.111. The summed E-state index contributed by atoms with van der Waals surface area (Å²) in [6, 6.07) is 16.6. The molecule has 0 radical (unpaired) electrons. The number of piperidine rings is 1. The van der Waals surface area contributed by atoms with Crippen LogP contribution in [-0.2, 0) is 20.0 Å². The fourth-order valence-corrected chi connectivity index (χ4v) is 8.02. The highest BCUT2D eigenvalue weighted by Gasteiger charge is 2.29. The Morgan fingerprint density at radius 3 is 2.09 bits per heavy atom. The number of amides is 1. The minimum atomic E-state index is -3.77. The highest BCUT2D eigenvalue weighted by atomic mass is 35.5. The summed E-state index contributed by atoms with van der Waals surface area (Å²) in [4.78, 5) is 15.7. The van der Waals surface area contributed by atoms with Gasteiger partial charge in [-0.25, -0.2) is 16.8 Å². The van der Waals surface area contributed by atoms with E-state index in [2.05, 4.69) is 10.6 Å². The van der Waals surface area contributed by atoms with Crippen molar-refractivity contribution in [3.05, 3.63) is 81.8 Å². The molecule has 3 aromatic carbocycles. The van der Waals surface area contributed by atoms with Crippen LogP contribution >= 0.6 is 23.2 Å². The van der Waals surface area contributed by atoms with Gasteiger partial charge >= 0.3 is 0 Å². The molecule has 44 heavy (non-hydrogen) atoms. The van der Waals surface area contributed by atoms with Crippen molar-refractivity contribution in [2.45, 2.75) is 23.7 Å². The molecule has 236 valence electrons. The van der Waals surface area contributed by atoms with E-state index in [4.69, 9.17) is 23.2 Å². The van der Waals surface area contributed by atoms with Crippen molar-refractivity contribution in [3.8, 4) is 0 Å². The van der Waals surface area contributed by atoms with Gasteiger partial charge in [-0.15, -0.1) is 0 Å². The van der Waals surface area contributed by atoms with Crippen LogP contribution in [0.4, 0.5) is 17.1 Å². The van der Waals surface area contributed by atoms with Crippen LogP contribution in [0, 0.1) is 0 Å². The second-order valence-electron chi connectivity index (χ2n) is 11.0. The number of nitrogens with zero attached hydrogens (tertiary/aromatic N) is 3. The van der Waals surface area contributed by atoms with Crippen LogP contribution in [0.5, 0.6) is 0 Å². The molecule has 0 aliphatic carbocycles. The lowest BCUT2D eigenvalue weighted by atomic mass is 9.89. The van der Waals surface area contributed by atoms with Crippen molar-refractivity contribution in [2.24, 2.45) is 0 Å². The first-order chi connectivity index (χ1) is 20.8. The molecule has 0 spiro atoms. The number of hydrogen-bond donors (Lipinski definition) is 2. The normalized spacial score (nSPS) is 17.0. The van der Waals surface area contributed by atoms with Crippen LogP contribution in [0.25, 0.3) is 0 Å². The van der Waals surface area contributed by atoms with Gasteiger partial charge in [-0.3, -0.25) is 9.10 Å². The Labute approximate surface area is 269 Å². The Morgan fingerprint density at radius 1 is 0.886 bits per heavy atom. The van der Waals surface area contributed by atoms with Crippen molar-refractivity contribution < 1.29 is 21.6 Å². The molecule has 0 saturated carbocycles. The molecule has 2 aliphatic rings. The summed E-state index contributed by atoms with van der Waals surface area (Å²) in [6.45, 7) is 3.28. The third kappa shape index (κ3) is 7.32. The first kappa shape index (κ1) is 32.5. The van der Waals surface area contributed by atoms with Crippen LogP contribution in [0.2, 0.25) is 10.0 Å². The largest absolute Gasteiger partial charge is 0.369 e. The van der Waals surface area contributed by atoms with E-state index in [1.54, 1.807) is 30.3 Å². The standard InChI is InChI=1S/C30H35Cl2N5O5S2/c1-35(43(2,39)40)29-8-3-22(21-9-11-33-12-10-21)17-28(29)30(38)34-25-4-6-27(7-5-25)44(41,42)37-15-13-36(14-16-37)26-19-23(31)18-24(32)20-26/h3-8,17-21,33H,9-16H2,1-2H3,(H,34,38). The molecule has 0 bridgehead atoms. The van der Waals surface area contributed by atoms with Crippen LogP contribution in [0.3, 0.4) is 0 Å². The van der Waals surface area contributed by atoms with Gasteiger partial charge in [0.15, 0.2) is 0 Å². The van der Waals surface area contributed by atoms with Crippen molar-refractivity contribution in [3.63, 3.8) is 0 Å². The van der Waals surface area contributed by atoms with E-state index in [1.165, 1.54) is 35.6 Å². The highest BCUT2D eigenvalue weighted by Crippen LogP contribution is 2.32. The maximum absolute atomic E-state index is 13.5. The molecule has 0 aromatic heterocycles. The number of carbonyl (C=O) groups is 1. The molecule has 3 aromatic rings. The summed E-state index contributed by atoms with van der Waals surface area (Å²) in [6.07, 6.45) is 2.92. The molecule has 0 unspecified atom stereocenters. The molecule has 2 saturated heterocycles.